The van der Waals surface area contributed by atoms with Crippen LogP contribution in [0.2, 0.25) is 0 Å². The van der Waals surface area contributed by atoms with Gasteiger partial charge in [0.25, 0.3) is 0 Å². The van der Waals surface area contributed by atoms with Gasteiger partial charge in [0.1, 0.15) is 17.5 Å². The number of benzene rings is 2. The summed E-state index contributed by atoms with van der Waals surface area (Å²) in [6.07, 6.45) is 1.07. The van der Waals surface area contributed by atoms with Crippen LogP contribution in [0.15, 0.2) is 53.4 Å². The molecule has 0 radical (unpaired) electrons. The maximum atomic E-state index is 12.1. The lowest BCUT2D eigenvalue weighted by Gasteiger charge is -2.10. The summed E-state index contributed by atoms with van der Waals surface area (Å²) in [4.78, 5) is 9.91. The van der Waals surface area contributed by atoms with Gasteiger partial charge in [0, 0.05) is 16.8 Å². The van der Waals surface area contributed by atoms with Crippen LogP contribution in [0.5, 0.6) is 0 Å². The molecule has 0 saturated heterocycles. The molecule has 0 atom stereocenters. The lowest BCUT2D eigenvalue weighted by atomic mass is 10.2. The van der Waals surface area contributed by atoms with Crippen LogP contribution in [0.4, 0.5) is 10.2 Å². The zero-order chi connectivity index (χ0) is 19.5. The Morgan fingerprint density at radius 2 is 1.67 bits per heavy atom. The van der Waals surface area contributed by atoms with Crippen molar-refractivity contribution >= 4 is 29.3 Å². The van der Waals surface area contributed by atoms with Crippen LogP contribution in [0.25, 0.3) is 10.9 Å². The van der Waals surface area contributed by atoms with Gasteiger partial charge in [-0.2, -0.15) is 0 Å². The molecule has 144 valence electrons. The van der Waals surface area contributed by atoms with Gasteiger partial charge in [0.05, 0.1) is 12.1 Å². The van der Waals surface area contributed by atoms with Crippen molar-refractivity contribution in [2.45, 2.75) is 17.9 Å². The minimum Gasteiger partial charge on any atom is -0.369 e. The first-order chi connectivity index (χ1) is 13.1. The van der Waals surface area contributed by atoms with E-state index in [1.807, 2.05) is 32.3 Å². The highest BCUT2D eigenvalue weighted by Gasteiger charge is 2.06. The zero-order valence-electron chi connectivity index (χ0n) is 15.7. The number of halogens is 1. The third-order valence-electron chi connectivity index (χ3n) is 3.71. The second kappa shape index (κ2) is 11.5. The van der Waals surface area contributed by atoms with Gasteiger partial charge >= 0.3 is 0 Å². The number of aromatic nitrogens is 2. The van der Waals surface area contributed by atoms with Gasteiger partial charge in [-0.1, -0.05) is 12.1 Å². The highest BCUT2D eigenvalue weighted by molar-refractivity contribution is 7.80. The van der Waals surface area contributed by atoms with Crippen molar-refractivity contribution in [3.05, 3.63) is 60.2 Å². The molecule has 0 fully saturated rings. The van der Waals surface area contributed by atoms with Crippen LogP contribution < -0.4 is 16.0 Å². The summed E-state index contributed by atoms with van der Waals surface area (Å²) < 4.78 is 12.1. The number of thiol groups is 1. The highest BCUT2D eigenvalue weighted by atomic mass is 32.1. The molecule has 0 unspecified atom stereocenters. The van der Waals surface area contributed by atoms with E-state index in [-0.39, 0.29) is 5.82 Å². The summed E-state index contributed by atoms with van der Waals surface area (Å²) in [5.41, 5.74) is 0.985. The molecule has 0 aliphatic rings. The van der Waals surface area contributed by atoms with Crippen molar-refractivity contribution in [3.8, 4) is 0 Å². The third kappa shape index (κ3) is 7.13. The Hall–Kier alpha value is -2.22. The molecule has 0 amide bonds. The zero-order valence-corrected chi connectivity index (χ0v) is 16.6. The van der Waals surface area contributed by atoms with E-state index in [9.17, 15) is 4.39 Å². The second-order valence-corrected chi connectivity index (χ2v) is 6.41. The maximum absolute atomic E-state index is 12.1. The Kier molecular flexibility index (Phi) is 8.97. The molecule has 0 bridgehead atoms. The quantitative estimate of drug-likeness (QED) is 0.369. The number of anilines is 1. The average Bonchev–Trinajstić information content (AvgIpc) is 2.68. The summed E-state index contributed by atoms with van der Waals surface area (Å²) in [6.45, 7) is 2.58. The van der Waals surface area contributed by atoms with Crippen molar-refractivity contribution in [3.63, 3.8) is 0 Å². The third-order valence-corrected chi connectivity index (χ3v) is 4.01. The van der Waals surface area contributed by atoms with Crippen LogP contribution in [-0.2, 0) is 6.54 Å². The first-order valence-corrected chi connectivity index (χ1v) is 9.32. The first-order valence-electron chi connectivity index (χ1n) is 8.87. The van der Waals surface area contributed by atoms with Gasteiger partial charge in [-0.15, -0.1) is 12.6 Å². The fourth-order valence-corrected chi connectivity index (χ4v) is 2.56. The predicted molar refractivity (Wildman–Crippen MR) is 113 cm³/mol. The SMILES string of the molecule is CNCCCNc1nc(CNC)nc2ccccc12.Fc1ccc(S)cc1. The number of fused-ring (bicyclic) bond motifs is 1. The monoisotopic (exact) mass is 387 g/mol. The van der Waals surface area contributed by atoms with Crippen LogP contribution in [0.3, 0.4) is 0 Å². The van der Waals surface area contributed by atoms with E-state index in [1.54, 1.807) is 12.1 Å². The van der Waals surface area contributed by atoms with Crippen LogP contribution in [-0.4, -0.2) is 37.2 Å². The minimum absolute atomic E-state index is 0.220. The molecule has 0 aliphatic carbocycles. The molecule has 1 aromatic heterocycles. The van der Waals surface area contributed by atoms with E-state index in [2.05, 4.69) is 44.6 Å². The van der Waals surface area contributed by atoms with Gasteiger partial charge < -0.3 is 16.0 Å². The molecule has 0 saturated carbocycles. The molecule has 5 nitrogen and oxygen atoms in total. The second-order valence-electron chi connectivity index (χ2n) is 5.90. The van der Waals surface area contributed by atoms with Crippen molar-refractivity contribution in [2.75, 3.05) is 32.5 Å². The Balaban J connectivity index is 0.000000273. The Morgan fingerprint density at radius 3 is 2.33 bits per heavy atom. The summed E-state index contributed by atoms with van der Waals surface area (Å²) >= 11 is 3.97. The number of hydrogen-bond donors (Lipinski definition) is 4. The van der Waals surface area contributed by atoms with Crippen LogP contribution >= 0.6 is 12.6 Å². The molecule has 0 aliphatic heterocycles. The molecule has 3 aromatic rings. The molecule has 27 heavy (non-hydrogen) atoms. The normalized spacial score (nSPS) is 10.4. The average molecular weight is 388 g/mol. The molecule has 3 N–H and O–H groups in total. The maximum Gasteiger partial charge on any atom is 0.145 e. The number of nitrogens with one attached hydrogen (secondary N) is 3. The lowest BCUT2D eigenvalue weighted by Crippen LogP contribution is -2.15. The van der Waals surface area contributed by atoms with Gasteiger partial charge in [-0.25, -0.2) is 14.4 Å². The number of hydrogen-bond acceptors (Lipinski definition) is 6. The van der Waals surface area contributed by atoms with E-state index < -0.39 is 0 Å². The summed E-state index contributed by atoms with van der Waals surface area (Å²) in [5.74, 6) is 1.52. The van der Waals surface area contributed by atoms with E-state index in [0.717, 1.165) is 47.0 Å². The summed E-state index contributed by atoms with van der Waals surface area (Å²) in [5, 5.41) is 10.7. The van der Waals surface area contributed by atoms with Crippen molar-refractivity contribution < 1.29 is 4.39 Å². The predicted octanol–water partition coefficient (Wildman–Crippen LogP) is 3.49. The number of rotatable bonds is 7. The number of para-hydroxylation sites is 1. The molecule has 2 aromatic carbocycles. The minimum atomic E-state index is -0.220. The van der Waals surface area contributed by atoms with E-state index in [0.29, 0.717) is 6.54 Å². The van der Waals surface area contributed by atoms with E-state index >= 15 is 0 Å². The smallest absolute Gasteiger partial charge is 0.145 e. The van der Waals surface area contributed by atoms with Crippen LogP contribution in [0, 0.1) is 5.82 Å². The fourth-order valence-electron chi connectivity index (χ4n) is 2.41. The first kappa shape index (κ1) is 21.1. The number of nitrogens with zero attached hydrogens (tertiary/aromatic N) is 2. The molecular weight excluding hydrogens is 361 g/mol. The van der Waals surface area contributed by atoms with Crippen molar-refractivity contribution in [2.24, 2.45) is 0 Å². The van der Waals surface area contributed by atoms with Gasteiger partial charge in [-0.3, -0.25) is 0 Å². The standard InChI is InChI=1S/C14H21N5.C6H5FS/c1-15-8-5-9-17-14-11-6-3-4-7-12(11)18-13(19-14)10-16-2;7-5-1-3-6(8)4-2-5/h3-4,6-7,15-16H,5,8-10H2,1-2H3,(H,17,18,19);1-4,8H. The van der Waals surface area contributed by atoms with E-state index in [1.165, 1.54) is 12.1 Å². The van der Waals surface area contributed by atoms with Gasteiger partial charge in [-0.05, 0) is 63.5 Å². The lowest BCUT2D eigenvalue weighted by molar-refractivity contribution is 0.626. The van der Waals surface area contributed by atoms with Crippen LogP contribution in [0.1, 0.15) is 12.2 Å². The van der Waals surface area contributed by atoms with Gasteiger partial charge in [0.15, 0.2) is 0 Å². The molecule has 0 spiro atoms. The molecule has 1 heterocycles. The largest absolute Gasteiger partial charge is 0.369 e. The van der Waals surface area contributed by atoms with Gasteiger partial charge in [0.2, 0.25) is 0 Å². The Bertz CT molecular complexity index is 805. The molecule has 7 heteroatoms. The molecular formula is C20H26FN5S. The van der Waals surface area contributed by atoms with E-state index in [4.69, 9.17) is 0 Å². The Morgan fingerprint density at radius 1 is 0.926 bits per heavy atom. The van der Waals surface area contributed by atoms with Crippen molar-refractivity contribution in [1.29, 1.82) is 0 Å². The Labute approximate surface area is 165 Å². The summed E-state index contributed by atoms with van der Waals surface area (Å²) in [6, 6.07) is 14.1. The summed E-state index contributed by atoms with van der Waals surface area (Å²) in [7, 11) is 3.86. The highest BCUT2D eigenvalue weighted by Crippen LogP contribution is 2.19. The van der Waals surface area contributed by atoms with Crippen molar-refractivity contribution in [1.82, 2.24) is 20.6 Å². The molecule has 3 rings (SSSR count). The fraction of sp³-hybridized carbons (Fsp3) is 0.300. The topological polar surface area (TPSA) is 61.9 Å².